The van der Waals surface area contributed by atoms with Crippen LogP contribution in [0.15, 0.2) is 48.5 Å². The molecule has 212 valence electrons. The highest BCUT2D eigenvalue weighted by atomic mass is 16.6. The van der Waals surface area contributed by atoms with Crippen molar-refractivity contribution in [3.63, 3.8) is 0 Å². The third kappa shape index (κ3) is 12.6. The molecule has 0 aliphatic carbocycles. The van der Waals surface area contributed by atoms with Gasteiger partial charge in [0.15, 0.2) is 0 Å². The lowest BCUT2D eigenvalue weighted by Crippen LogP contribution is -2.31. The van der Waals surface area contributed by atoms with E-state index in [2.05, 4.69) is 5.48 Å². The molecular formula is C30H39NO8. The molecule has 1 atom stereocenters. The third-order valence-corrected chi connectivity index (χ3v) is 5.11. The van der Waals surface area contributed by atoms with Crippen molar-refractivity contribution in [2.45, 2.75) is 85.5 Å². The van der Waals surface area contributed by atoms with E-state index in [1.807, 2.05) is 6.07 Å². The van der Waals surface area contributed by atoms with Crippen LogP contribution in [0.4, 0.5) is 0 Å². The Morgan fingerprint density at radius 1 is 0.846 bits per heavy atom. The van der Waals surface area contributed by atoms with Crippen molar-refractivity contribution >= 4 is 23.8 Å². The first-order valence-electron chi connectivity index (χ1n) is 12.8. The van der Waals surface area contributed by atoms with Gasteiger partial charge in [-0.2, -0.15) is 0 Å². The zero-order valence-electron chi connectivity index (χ0n) is 23.8. The minimum atomic E-state index is -0.690. The second kappa shape index (κ2) is 13.9. The van der Waals surface area contributed by atoms with Crippen molar-refractivity contribution in [2.75, 3.05) is 0 Å². The minimum absolute atomic E-state index is 0.0288. The van der Waals surface area contributed by atoms with Gasteiger partial charge in [0.1, 0.15) is 17.0 Å². The maximum absolute atomic E-state index is 13.0. The van der Waals surface area contributed by atoms with Crippen molar-refractivity contribution in [2.24, 2.45) is 5.92 Å². The quantitative estimate of drug-likeness (QED) is 0.237. The molecule has 0 bridgehead atoms. The Morgan fingerprint density at radius 2 is 1.49 bits per heavy atom. The smallest absolute Gasteiger partial charge is 0.338 e. The summed E-state index contributed by atoms with van der Waals surface area (Å²) in [6, 6.07) is 13.6. The summed E-state index contributed by atoms with van der Waals surface area (Å²) in [5.74, 6) is -1.87. The van der Waals surface area contributed by atoms with E-state index in [4.69, 9.17) is 19.0 Å². The molecule has 2 aromatic rings. The number of hydrogen-bond acceptors (Lipinski definition) is 8. The molecule has 0 aromatic heterocycles. The maximum atomic E-state index is 13.0. The Kier molecular flexibility index (Phi) is 11.2. The fourth-order valence-corrected chi connectivity index (χ4v) is 3.51. The molecular weight excluding hydrogens is 502 g/mol. The summed E-state index contributed by atoms with van der Waals surface area (Å²) in [6.45, 7) is 12.2. The third-order valence-electron chi connectivity index (χ3n) is 5.11. The Labute approximate surface area is 230 Å². The predicted molar refractivity (Wildman–Crippen MR) is 145 cm³/mol. The lowest BCUT2D eigenvalue weighted by atomic mass is 9.93. The second-order valence-corrected chi connectivity index (χ2v) is 11.2. The largest absolute Gasteiger partial charge is 0.460 e. The number of rotatable bonds is 11. The van der Waals surface area contributed by atoms with Gasteiger partial charge in [-0.1, -0.05) is 24.3 Å². The van der Waals surface area contributed by atoms with Crippen molar-refractivity contribution < 1.29 is 38.2 Å². The number of ether oxygens (including phenoxy) is 3. The summed E-state index contributed by atoms with van der Waals surface area (Å²) < 4.78 is 16.0. The summed E-state index contributed by atoms with van der Waals surface area (Å²) in [5, 5.41) is 0. The van der Waals surface area contributed by atoms with Crippen LogP contribution in [-0.4, -0.2) is 35.0 Å². The van der Waals surface area contributed by atoms with Crippen LogP contribution in [0.3, 0.4) is 0 Å². The standard InChI is InChI=1S/C30H39NO8/c1-20(32)37-25-14-11-21(12-15-25)19-36-31-26(33)16-13-24(28(35)39-30(5,6)7)18-22-9-8-10-23(17-22)27(34)38-29(2,3)4/h8-12,14-15,17,24H,13,16,18-19H2,1-7H3,(H,31,33). The predicted octanol–water partition coefficient (Wildman–Crippen LogP) is 5.10. The molecule has 0 heterocycles. The first kappa shape index (κ1) is 31.5. The van der Waals surface area contributed by atoms with Gasteiger partial charge in [-0.15, -0.1) is 0 Å². The molecule has 9 heteroatoms. The molecule has 2 rings (SSSR count). The number of amides is 1. The highest BCUT2D eigenvalue weighted by Gasteiger charge is 2.27. The Hall–Kier alpha value is -3.72. The Bertz CT molecular complexity index is 1140. The van der Waals surface area contributed by atoms with Crippen molar-refractivity contribution in [3.8, 4) is 5.75 Å². The maximum Gasteiger partial charge on any atom is 0.338 e. The van der Waals surface area contributed by atoms with Crippen molar-refractivity contribution in [3.05, 3.63) is 65.2 Å². The molecule has 1 unspecified atom stereocenters. The summed E-state index contributed by atoms with van der Waals surface area (Å²) in [6.07, 6.45) is 0.535. The number of carbonyl (C=O) groups excluding carboxylic acids is 4. The molecule has 2 aromatic carbocycles. The van der Waals surface area contributed by atoms with Gasteiger partial charge in [-0.05, 0) is 89.8 Å². The van der Waals surface area contributed by atoms with Crippen LogP contribution in [0, 0.1) is 5.92 Å². The Morgan fingerprint density at radius 3 is 2.08 bits per heavy atom. The molecule has 9 nitrogen and oxygen atoms in total. The zero-order valence-corrected chi connectivity index (χ0v) is 23.8. The van der Waals surface area contributed by atoms with E-state index in [9.17, 15) is 19.2 Å². The van der Waals surface area contributed by atoms with E-state index in [1.54, 1.807) is 84.0 Å². The monoisotopic (exact) mass is 541 g/mol. The van der Waals surface area contributed by atoms with E-state index in [1.165, 1.54) is 6.92 Å². The first-order chi connectivity index (χ1) is 18.1. The van der Waals surface area contributed by atoms with Gasteiger partial charge in [0.25, 0.3) is 0 Å². The molecule has 1 amide bonds. The van der Waals surface area contributed by atoms with E-state index in [0.717, 1.165) is 11.1 Å². The van der Waals surface area contributed by atoms with Crippen molar-refractivity contribution in [1.82, 2.24) is 5.48 Å². The molecule has 0 aliphatic heterocycles. The van der Waals surface area contributed by atoms with Gasteiger partial charge in [0, 0.05) is 13.3 Å². The summed E-state index contributed by atoms with van der Waals surface area (Å²) in [5.41, 5.74) is 2.98. The average molecular weight is 542 g/mol. The van der Waals surface area contributed by atoms with Crippen LogP contribution in [0.2, 0.25) is 0 Å². The van der Waals surface area contributed by atoms with E-state index in [0.29, 0.717) is 11.3 Å². The summed E-state index contributed by atoms with van der Waals surface area (Å²) in [4.78, 5) is 54.2. The molecule has 1 N–H and O–H groups in total. The summed E-state index contributed by atoms with van der Waals surface area (Å²) in [7, 11) is 0. The summed E-state index contributed by atoms with van der Waals surface area (Å²) >= 11 is 0. The number of esters is 3. The number of hydrogen-bond donors (Lipinski definition) is 1. The van der Waals surface area contributed by atoms with Gasteiger partial charge in [-0.25, -0.2) is 10.3 Å². The fourth-order valence-electron chi connectivity index (χ4n) is 3.51. The van der Waals surface area contributed by atoms with Gasteiger partial charge in [0.05, 0.1) is 18.1 Å². The SMILES string of the molecule is CC(=O)Oc1ccc(CONC(=O)CCC(Cc2cccc(C(=O)OC(C)(C)C)c2)C(=O)OC(C)(C)C)cc1. The van der Waals surface area contributed by atoms with Crippen LogP contribution in [0.25, 0.3) is 0 Å². The van der Waals surface area contributed by atoms with Crippen LogP contribution >= 0.6 is 0 Å². The van der Waals surface area contributed by atoms with Crippen LogP contribution in [0.1, 0.15) is 82.8 Å². The van der Waals surface area contributed by atoms with Crippen LogP contribution < -0.4 is 10.2 Å². The van der Waals surface area contributed by atoms with Crippen LogP contribution in [0.5, 0.6) is 5.75 Å². The molecule has 39 heavy (non-hydrogen) atoms. The lowest BCUT2D eigenvalue weighted by Gasteiger charge is -2.24. The van der Waals surface area contributed by atoms with E-state index in [-0.39, 0.29) is 31.8 Å². The lowest BCUT2D eigenvalue weighted by molar-refractivity contribution is -0.160. The topological polar surface area (TPSA) is 117 Å². The first-order valence-corrected chi connectivity index (χ1v) is 12.8. The average Bonchev–Trinajstić information content (AvgIpc) is 2.80. The zero-order chi connectivity index (χ0) is 29.2. The fraction of sp³-hybridized carbons (Fsp3) is 0.467. The number of hydroxylamine groups is 1. The Balaban J connectivity index is 1.98. The molecule has 0 spiro atoms. The van der Waals surface area contributed by atoms with Gasteiger partial charge in [-0.3, -0.25) is 19.2 Å². The normalized spacial score (nSPS) is 12.3. The van der Waals surface area contributed by atoms with Crippen LogP contribution in [-0.2, 0) is 41.7 Å². The minimum Gasteiger partial charge on any atom is -0.460 e. The van der Waals surface area contributed by atoms with Gasteiger partial charge < -0.3 is 14.2 Å². The number of carbonyl (C=O) groups is 4. The van der Waals surface area contributed by atoms with E-state index >= 15 is 0 Å². The molecule has 0 aliphatic rings. The highest BCUT2D eigenvalue weighted by molar-refractivity contribution is 5.90. The molecule has 0 fully saturated rings. The second-order valence-electron chi connectivity index (χ2n) is 11.2. The van der Waals surface area contributed by atoms with Crippen molar-refractivity contribution in [1.29, 1.82) is 0 Å². The van der Waals surface area contributed by atoms with Gasteiger partial charge >= 0.3 is 17.9 Å². The van der Waals surface area contributed by atoms with E-state index < -0.39 is 35.0 Å². The highest BCUT2D eigenvalue weighted by Crippen LogP contribution is 2.22. The van der Waals surface area contributed by atoms with Gasteiger partial charge in [0.2, 0.25) is 5.91 Å². The number of nitrogens with one attached hydrogen (secondary N) is 1. The molecule has 0 saturated heterocycles. The molecule has 0 saturated carbocycles. The number of benzene rings is 2. The molecule has 0 radical (unpaired) electrons.